The van der Waals surface area contributed by atoms with Crippen LogP contribution in [0.1, 0.15) is 22.3 Å². The molecule has 6 heteroatoms. The molecule has 1 saturated heterocycles. The van der Waals surface area contributed by atoms with Crippen LogP contribution in [-0.2, 0) is 16.1 Å². The second-order valence-electron chi connectivity index (χ2n) is 7.02. The highest BCUT2D eigenvalue weighted by molar-refractivity contribution is 6.07. The van der Waals surface area contributed by atoms with E-state index in [1.807, 2.05) is 48.7 Å². The van der Waals surface area contributed by atoms with E-state index in [2.05, 4.69) is 16.7 Å². The summed E-state index contributed by atoms with van der Waals surface area (Å²) >= 11 is 0. The summed E-state index contributed by atoms with van der Waals surface area (Å²) in [5, 5.41) is 9.91. The number of nitrogens with zero attached hydrogens (tertiary/aromatic N) is 2. The molecule has 0 unspecified atom stereocenters. The lowest BCUT2D eigenvalue weighted by atomic mass is 10.1. The van der Waals surface area contributed by atoms with Crippen molar-refractivity contribution in [1.29, 1.82) is 0 Å². The average Bonchev–Trinajstić information content (AvgIpc) is 3.06. The summed E-state index contributed by atoms with van der Waals surface area (Å²) < 4.78 is 7.59. The first kappa shape index (κ1) is 18.3. The summed E-state index contributed by atoms with van der Waals surface area (Å²) in [4.78, 5) is 25.9. The van der Waals surface area contributed by atoms with E-state index >= 15 is 0 Å². The number of benzene rings is 2. The molecule has 1 aromatic heterocycles. The largest absolute Gasteiger partial charge is 0.481 e. The molecule has 0 spiro atoms. The lowest BCUT2D eigenvalue weighted by Crippen LogP contribution is -2.46. The Kier molecular flexibility index (Phi) is 5.12. The van der Waals surface area contributed by atoms with Gasteiger partial charge in [-0.1, -0.05) is 48.5 Å². The van der Waals surface area contributed by atoms with Crippen LogP contribution in [0.3, 0.4) is 0 Å². The Labute approximate surface area is 162 Å². The van der Waals surface area contributed by atoms with Crippen LogP contribution in [-0.4, -0.2) is 52.3 Å². The third kappa shape index (κ3) is 3.77. The van der Waals surface area contributed by atoms with Crippen molar-refractivity contribution in [3.63, 3.8) is 0 Å². The smallest absolute Gasteiger partial charge is 0.306 e. The van der Waals surface area contributed by atoms with Crippen LogP contribution in [0.15, 0.2) is 60.8 Å². The number of ether oxygens (including phenoxy) is 1. The minimum Gasteiger partial charge on any atom is -0.481 e. The first-order valence-corrected chi connectivity index (χ1v) is 9.36. The number of hydrogen-bond acceptors (Lipinski definition) is 3. The van der Waals surface area contributed by atoms with Gasteiger partial charge in [-0.25, -0.2) is 0 Å². The molecule has 1 aliphatic heterocycles. The second-order valence-corrected chi connectivity index (χ2v) is 7.02. The molecule has 6 nitrogen and oxygen atoms in total. The van der Waals surface area contributed by atoms with Crippen molar-refractivity contribution in [2.45, 2.75) is 19.1 Å². The lowest BCUT2D eigenvalue weighted by molar-refractivity contribution is -0.141. The fourth-order valence-electron chi connectivity index (χ4n) is 3.72. The molecule has 28 heavy (non-hydrogen) atoms. The van der Waals surface area contributed by atoms with E-state index in [9.17, 15) is 9.59 Å². The van der Waals surface area contributed by atoms with Gasteiger partial charge in [-0.05, 0) is 11.6 Å². The van der Waals surface area contributed by atoms with Crippen molar-refractivity contribution in [1.82, 2.24) is 9.47 Å². The predicted molar refractivity (Wildman–Crippen MR) is 105 cm³/mol. The third-order valence-corrected chi connectivity index (χ3v) is 5.04. The number of aliphatic carboxylic acids is 1. The molecular formula is C22H22N2O4. The molecule has 1 N–H and O–H groups in total. The fourth-order valence-corrected chi connectivity index (χ4v) is 3.72. The van der Waals surface area contributed by atoms with Gasteiger partial charge in [0.2, 0.25) is 0 Å². The van der Waals surface area contributed by atoms with Crippen molar-refractivity contribution >= 4 is 22.8 Å². The van der Waals surface area contributed by atoms with Crippen LogP contribution in [0.2, 0.25) is 0 Å². The standard InChI is InChI=1S/C22H22N2O4/c25-21(26)12-17-14-23(10-11-28-17)22(27)19-15-24(13-16-6-2-1-3-7-16)20-9-5-4-8-18(19)20/h1-9,15,17H,10-14H2,(H,25,26)/t17-/m0/s1. The van der Waals surface area contributed by atoms with Crippen LogP contribution < -0.4 is 0 Å². The maximum atomic E-state index is 13.2. The highest BCUT2D eigenvalue weighted by Gasteiger charge is 2.28. The maximum Gasteiger partial charge on any atom is 0.306 e. The highest BCUT2D eigenvalue weighted by Crippen LogP contribution is 2.25. The number of para-hydroxylation sites is 1. The number of morpholine rings is 1. The third-order valence-electron chi connectivity index (χ3n) is 5.04. The van der Waals surface area contributed by atoms with Gasteiger partial charge in [-0.2, -0.15) is 0 Å². The van der Waals surface area contributed by atoms with Crippen LogP contribution in [0.25, 0.3) is 10.9 Å². The molecule has 1 fully saturated rings. The van der Waals surface area contributed by atoms with Crippen LogP contribution >= 0.6 is 0 Å². The summed E-state index contributed by atoms with van der Waals surface area (Å²) in [5.74, 6) is -1.000. The molecule has 144 valence electrons. The number of hydrogen-bond donors (Lipinski definition) is 1. The van der Waals surface area contributed by atoms with E-state index < -0.39 is 12.1 Å². The topological polar surface area (TPSA) is 71.8 Å². The number of fused-ring (bicyclic) bond motifs is 1. The van der Waals surface area contributed by atoms with Gasteiger partial charge in [-0.15, -0.1) is 0 Å². The van der Waals surface area contributed by atoms with Crippen molar-refractivity contribution < 1.29 is 19.4 Å². The minimum atomic E-state index is -0.918. The molecule has 0 bridgehead atoms. The molecule has 1 atom stereocenters. The van der Waals surface area contributed by atoms with Crippen molar-refractivity contribution in [3.8, 4) is 0 Å². The summed E-state index contributed by atoms with van der Waals surface area (Å²) in [6.07, 6.45) is 1.34. The van der Waals surface area contributed by atoms with Gasteiger partial charge < -0.3 is 19.3 Å². The van der Waals surface area contributed by atoms with Crippen LogP contribution in [0.4, 0.5) is 0 Å². The number of carbonyl (C=O) groups excluding carboxylic acids is 1. The number of carboxylic acids is 1. The molecule has 4 rings (SSSR count). The van der Waals surface area contributed by atoms with Gasteiger partial charge in [0.15, 0.2) is 0 Å². The Morgan fingerprint density at radius 2 is 1.82 bits per heavy atom. The molecule has 0 aliphatic carbocycles. The Morgan fingerprint density at radius 1 is 1.07 bits per heavy atom. The summed E-state index contributed by atoms with van der Waals surface area (Å²) in [6, 6.07) is 18.0. The first-order chi connectivity index (χ1) is 13.6. The lowest BCUT2D eigenvalue weighted by Gasteiger charge is -2.32. The maximum absolute atomic E-state index is 13.2. The van der Waals surface area contributed by atoms with Crippen molar-refractivity contribution in [3.05, 3.63) is 71.9 Å². The molecule has 1 amide bonds. The zero-order valence-corrected chi connectivity index (χ0v) is 15.5. The Balaban J connectivity index is 1.63. The molecule has 2 aromatic carbocycles. The zero-order chi connectivity index (χ0) is 19.5. The monoisotopic (exact) mass is 378 g/mol. The fraction of sp³-hybridized carbons (Fsp3) is 0.273. The molecule has 2 heterocycles. The quantitative estimate of drug-likeness (QED) is 0.741. The van der Waals surface area contributed by atoms with Crippen molar-refractivity contribution in [2.75, 3.05) is 19.7 Å². The van der Waals surface area contributed by atoms with Gasteiger partial charge >= 0.3 is 5.97 Å². The minimum absolute atomic E-state index is 0.0818. The van der Waals surface area contributed by atoms with Crippen molar-refractivity contribution in [2.24, 2.45) is 0 Å². The van der Waals surface area contributed by atoms with E-state index in [0.29, 0.717) is 31.8 Å². The summed E-state index contributed by atoms with van der Waals surface area (Å²) in [6.45, 7) is 1.79. The summed E-state index contributed by atoms with van der Waals surface area (Å²) in [5.41, 5.74) is 2.81. The zero-order valence-electron chi connectivity index (χ0n) is 15.5. The number of carboxylic acid groups (broad SMARTS) is 1. The number of amides is 1. The summed E-state index contributed by atoms with van der Waals surface area (Å²) in [7, 11) is 0. The molecular weight excluding hydrogens is 356 g/mol. The second kappa shape index (κ2) is 7.86. The molecule has 0 radical (unpaired) electrons. The van der Waals surface area contributed by atoms with Gasteiger partial charge in [-0.3, -0.25) is 9.59 Å². The number of rotatable bonds is 5. The average molecular weight is 378 g/mol. The van der Waals surface area contributed by atoms with E-state index in [1.54, 1.807) is 4.90 Å². The van der Waals surface area contributed by atoms with E-state index in [0.717, 1.165) is 16.5 Å². The van der Waals surface area contributed by atoms with Gasteiger partial charge in [0.1, 0.15) is 0 Å². The molecule has 1 aliphatic rings. The van der Waals surface area contributed by atoms with E-state index in [-0.39, 0.29) is 12.3 Å². The van der Waals surface area contributed by atoms with Gasteiger partial charge in [0.05, 0.1) is 24.7 Å². The predicted octanol–water partition coefficient (Wildman–Crippen LogP) is 3.01. The first-order valence-electron chi connectivity index (χ1n) is 9.36. The normalized spacial score (nSPS) is 17.0. The Morgan fingerprint density at radius 3 is 2.61 bits per heavy atom. The molecule has 3 aromatic rings. The Bertz CT molecular complexity index is 996. The number of carbonyl (C=O) groups is 2. The highest BCUT2D eigenvalue weighted by atomic mass is 16.5. The van der Waals surface area contributed by atoms with E-state index in [4.69, 9.17) is 9.84 Å². The molecule has 0 saturated carbocycles. The number of aromatic nitrogens is 1. The van der Waals surface area contributed by atoms with Gasteiger partial charge in [0.25, 0.3) is 5.91 Å². The van der Waals surface area contributed by atoms with E-state index in [1.165, 1.54) is 0 Å². The van der Waals surface area contributed by atoms with Gasteiger partial charge in [0, 0.05) is 36.7 Å². The SMILES string of the molecule is O=C(O)C[C@H]1CN(C(=O)c2cn(Cc3ccccc3)c3ccccc23)CCO1. The Hall–Kier alpha value is -3.12. The van der Waals surface area contributed by atoms with Crippen LogP contribution in [0, 0.1) is 0 Å². The van der Waals surface area contributed by atoms with Crippen LogP contribution in [0.5, 0.6) is 0 Å².